The minimum atomic E-state index is -4.75. The van der Waals surface area contributed by atoms with E-state index in [2.05, 4.69) is 25.7 Å². The third kappa shape index (κ3) is 2.85. The molecular formula is C7H6BrF3N2O. The summed E-state index contributed by atoms with van der Waals surface area (Å²) in [6.45, 7) is -0.0835. The quantitative estimate of drug-likeness (QED) is 0.897. The number of pyridine rings is 1. The number of nitrogens with two attached hydrogens (primary N) is 1. The number of alkyl halides is 3. The Hall–Kier alpha value is -0.820. The lowest BCUT2D eigenvalue weighted by molar-refractivity contribution is -0.276. The van der Waals surface area contributed by atoms with Gasteiger partial charge in [-0.2, -0.15) is 0 Å². The molecule has 0 aliphatic rings. The van der Waals surface area contributed by atoms with Gasteiger partial charge in [0.25, 0.3) is 0 Å². The summed E-state index contributed by atoms with van der Waals surface area (Å²) in [6, 6.07) is 1.49. The van der Waals surface area contributed by atoms with E-state index in [1.54, 1.807) is 0 Å². The minimum absolute atomic E-state index is 0.0835. The van der Waals surface area contributed by atoms with Crippen LogP contribution in [0.3, 0.4) is 0 Å². The highest BCUT2D eigenvalue weighted by Crippen LogP contribution is 2.28. The van der Waals surface area contributed by atoms with Gasteiger partial charge in [-0.05, 0) is 6.07 Å². The van der Waals surface area contributed by atoms with Gasteiger partial charge in [0, 0.05) is 22.8 Å². The predicted octanol–water partition coefficient (Wildman–Crippen LogP) is 2.20. The first-order valence-electron chi connectivity index (χ1n) is 3.53. The van der Waals surface area contributed by atoms with Gasteiger partial charge in [-0.1, -0.05) is 15.9 Å². The van der Waals surface area contributed by atoms with Gasteiger partial charge in [0.05, 0.1) is 0 Å². The molecule has 1 aromatic heterocycles. The number of hydrogen-bond acceptors (Lipinski definition) is 3. The van der Waals surface area contributed by atoms with Gasteiger partial charge in [-0.15, -0.1) is 13.2 Å². The topological polar surface area (TPSA) is 48.1 Å². The Bertz CT molecular complexity index is 329. The number of ether oxygens (including phenoxy) is 1. The van der Waals surface area contributed by atoms with E-state index in [9.17, 15) is 13.2 Å². The third-order valence-corrected chi connectivity index (χ3v) is 2.12. The van der Waals surface area contributed by atoms with Crippen LogP contribution in [-0.4, -0.2) is 11.3 Å². The Balaban J connectivity index is 3.02. The summed E-state index contributed by atoms with van der Waals surface area (Å²) in [6.07, 6.45) is -3.55. The van der Waals surface area contributed by atoms with Crippen LogP contribution in [0.2, 0.25) is 0 Å². The van der Waals surface area contributed by atoms with Crippen LogP contribution in [0.15, 0.2) is 16.7 Å². The average molecular weight is 271 g/mol. The van der Waals surface area contributed by atoms with Crippen molar-refractivity contribution in [2.75, 3.05) is 0 Å². The zero-order chi connectivity index (χ0) is 10.8. The van der Waals surface area contributed by atoms with Crippen LogP contribution >= 0.6 is 15.9 Å². The number of hydrogen-bond donors (Lipinski definition) is 1. The van der Waals surface area contributed by atoms with Crippen molar-refractivity contribution in [3.63, 3.8) is 0 Å². The van der Waals surface area contributed by atoms with Crippen molar-refractivity contribution in [3.8, 4) is 5.88 Å². The van der Waals surface area contributed by atoms with Crippen LogP contribution in [0.5, 0.6) is 5.88 Å². The molecule has 0 amide bonds. The molecule has 0 unspecified atom stereocenters. The monoisotopic (exact) mass is 270 g/mol. The van der Waals surface area contributed by atoms with Crippen molar-refractivity contribution >= 4 is 15.9 Å². The number of rotatable bonds is 2. The predicted molar refractivity (Wildman–Crippen MR) is 46.5 cm³/mol. The van der Waals surface area contributed by atoms with E-state index < -0.39 is 12.2 Å². The standard InChI is InChI=1S/C7H6BrF3N2O/c8-5-1-2-13-6(4(5)3-12)14-7(9,10)11/h1-2H,3,12H2. The van der Waals surface area contributed by atoms with Gasteiger partial charge in [-0.25, -0.2) is 4.98 Å². The second-order valence-corrected chi connectivity index (χ2v) is 3.18. The van der Waals surface area contributed by atoms with E-state index in [1.807, 2.05) is 0 Å². The highest BCUT2D eigenvalue weighted by molar-refractivity contribution is 9.10. The fourth-order valence-electron chi connectivity index (χ4n) is 0.833. The number of aromatic nitrogens is 1. The first kappa shape index (κ1) is 11.3. The van der Waals surface area contributed by atoms with Crippen LogP contribution in [0.4, 0.5) is 13.2 Å². The molecule has 0 bridgehead atoms. The first-order chi connectivity index (χ1) is 6.44. The Morgan fingerprint density at radius 2 is 2.14 bits per heavy atom. The molecule has 0 saturated carbocycles. The summed E-state index contributed by atoms with van der Waals surface area (Å²) < 4.78 is 39.7. The van der Waals surface area contributed by atoms with E-state index in [0.717, 1.165) is 0 Å². The lowest BCUT2D eigenvalue weighted by atomic mass is 10.3. The van der Waals surface area contributed by atoms with E-state index in [1.165, 1.54) is 12.3 Å². The maximum atomic E-state index is 11.9. The molecule has 78 valence electrons. The van der Waals surface area contributed by atoms with Crippen molar-refractivity contribution in [1.29, 1.82) is 0 Å². The average Bonchev–Trinajstić information content (AvgIpc) is 2.01. The molecule has 1 heterocycles. The van der Waals surface area contributed by atoms with Crippen LogP contribution in [0.25, 0.3) is 0 Å². The van der Waals surface area contributed by atoms with Crippen LogP contribution < -0.4 is 10.5 Å². The SMILES string of the molecule is NCc1c(Br)ccnc1OC(F)(F)F. The molecule has 2 N–H and O–H groups in total. The van der Waals surface area contributed by atoms with E-state index in [0.29, 0.717) is 4.47 Å². The smallest absolute Gasteiger partial charge is 0.387 e. The Morgan fingerprint density at radius 3 is 2.64 bits per heavy atom. The summed E-state index contributed by atoms with van der Waals surface area (Å²) in [5, 5.41) is 0. The largest absolute Gasteiger partial charge is 0.574 e. The summed E-state index contributed by atoms with van der Waals surface area (Å²) in [4.78, 5) is 3.44. The van der Waals surface area contributed by atoms with Gasteiger partial charge in [0.2, 0.25) is 5.88 Å². The van der Waals surface area contributed by atoms with Crippen molar-refractivity contribution in [2.45, 2.75) is 12.9 Å². The molecule has 0 atom stereocenters. The summed E-state index contributed by atoms with van der Waals surface area (Å²) in [7, 11) is 0. The Kier molecular flexibility index (Phi) is 3.33. The van der Waals surface area contributed by atoms with E-state index >= 15 is 0 Å². The summed E-state index contributed by atoms with van der Waals surface area (Å²) in [5.41, 5.74) is 5.44. The molecule has 0 aliphatic carbocycles. The molecule has 0 aliphatic heterocycles. The molecule has 14 heavy (non-hydrogen) atoms. The maximum absolute atomic E-state index is 11.9. The van der Waals surface area contributed by atoms with E-state index in [-0.39, 0.29) is 12.1 Å². The van der Waals surface area contributed by atoms with E-state index in [4.69, 9.17) is 5.73 Å². The van der Waals surface area contributed by atoms with Gasteiger partial charge in [0.15, 0.2) is 0 Å². The van der Waals surface area contributed by atoms with Gasteiger partial charge < -0.3 is 10.5 Å². The minimum Gasteiger partial charge on any atom is -0.387 e. The van der Waals surface area contributed by atoms with Crippen LogP contribution in [-0.2, 0) is 6.54 Å². The second-order valence-electron chi connectivity index (χ2n) is 2.33. The highest BCUT2D eigenvalue weighted by atomic mass is 79.9. The normalized spacial score (nSPS) is 11.5. The lowest BCUT2D eigenvalue weighted by Crippen LogP contribution is -2.19. The number of nitrogens with zero attached hydrogens (tertiary/aromatic N) is 1. The molecule has 0 aromatic carbocycles. The molecule has 7 heteroatoms. The molecule has 1 rings (SSSR count). The highest BCUT2D eigenvalue weighted by Gasteiger charge is 2.33. The molecule has 0 fully saturated rings. The molecule has 3 nitrogen and oxygen atoms in total. The summed E-state index contributed by atoms with van der Waals surface area (Å²) in [5.74, 6) is -0.519. The fraction of sp³-hybridized carbons (Fsp3) is 0.286. The van der Waals surface area contributed by atoms with Gasteiger partial charge >= 0.3 is 6.36 Å². The molecular weight excluding hydrogens is 265 g/mol. The van der Waals surface area contributed by atoms with Crippen molar-refractivity contribution in [2.24, 2.45) is 5.73 Å². The maximum Gasteiger partial charge on any atom is 0.574 e. The first-order valence-corrected chi connectivity index (χ1v) is 4.32. The molecule has 0 spiro atoms. The summed E-state index contributed by atoms with van der Waals surface area (Å²) >= 11 is 3.05. The molecule has 1 aromatic rings. The van der Waals surface area contributed by atoms with Crippen LogP contribution in [0, 0.1) is 0 Å². The zero-order valence-corrected chi connectivity index (χ0v) is 8.39. The lowest BCUT2D eigenvalue weighted by Gasteiger charge is -2.11. The van der Waals surface area contributed by atoms with Gasteiger partial charge in [0.1, 0.15) is 0 Å². The molecule has 0 saturated heterocycles. The molecule has 0 radical (unpaired) electrons. The Labute approximate surface area is 86.2 Å². The van der Waals surface area contributed by atoms with Crippen LogP contribution in [0.1, 0.15) is 5.56 Å². The third-order valence-electron chi connectivity index (χ3n) is 1.38. The number of halogens is 4. The van der Waals surface area contributed by atoms with Crippen molar-refractivity contribution < 1.29 is 17.9 Å². The fourth-order valence-corrected chi connectivity index (χ4v) is 1.28. The van der Waals surface area contributed by atoms with Crippen molar-refractivity contribution in [3.05, 3.63) is 22.3 Å². The second kappa shape index (κ2) is 4.14. The Morgan fingerprint density at radius 1 is 1.50 bits per heavy atom. The van der Waals surface area contributed by atoms with Crippen molar-refractivity contribution in [1.82, 2.24) is 4.98 Å². The zero-order valence-electron chi connectivity index (χ0n) is 6.81. The van der Waals surface area contributed by atoms with Gasteiger partial charge in [-0.3, -0.25) is 0 Å².